The van der Waals surface area contributed by atoms with Gasteiger partial charge >= 0.3 is 0 Å². The van der Waals surface area contributed by atoms with Crippen molar-refractivity contribution in [2.45, 2.75) is 29.6 Å². The van der Waals surface area contributed by atoms with E-state index < -0.39 is 19.9 Å². The minimum atomic E-state index is -3.61. The average molecular weight is 317 g/mol. The second-order valence-corrected chi connectivity index (χ2v) is 9.31. The van der Waals surface area contributed by atoms with Gasteiger partial charge < -0.3 is 0 Å². The first kappa shape index (κ1) is 15.5. The fraction of sp³-hybridized carbons (Fsp3) is 0.538. The fourth-order valence-electron chi connectivity index (χ4n) is 2.38. The molecule has 0 aliphatic carbocycles. The van der Waals surface area contributed by atoms with Crippen LogP contribution in [0.15, 0.2) is 34.1 Å². The highest BCUT2D eigenvalue weighted by atomic mass is 32.2. The van der Waals surface area contributed by atoms with E-state index in [1.807, 2.05) is 6.92 Å². The summed E-state index contributed by atoms with van der Waals surface area (Å²) in [6.07, 6.45) is 2.93. The van der Waals surface area contributed by atoms with Crippen LogP contribution in [-0.4, -0.2) is 40.5 Å². The van der Waals surface area contributed by atoms with Gasteiger partial charge in [-0.1, -0.05) is 13.0 Å². The number of hydrogen-bond donors (Lipinski definition) is 0. The molecule has 112 valence electrons. The predicted octanol–water partition coefficient (Wildman–Crippen LogP) is 1.51. The number of hydrogen-bond acceptors (Lipinski definition) is 4. The zero-order valence-electron chi connectivity index (χ0n) is 11.6. The van der Waals surface area contributed by atoms with E-state index in [2.05, 4.69) is 0 Å². The summed E-state index contributed by atoms with van der Waals surface area (Å²) in [5.41, 5.74) is 0. The number of sulfone groups is 1. The average Bonchev–Trinajstić information content (AvgIpc) is 2.38. The highest BCUT2D eigenvalue weighted by Crippen LogP contribution is 2.24. The lowest BCUT2D eigenvalue weighted by Crippen LogP contribution is -2.39. The molecule has 0 spiro atoms. The van der Waals surface area contributed by atoms with Gasteiger partial charge in [-0.25, -0.2) is 16.8 Å². The second kappa shape index (κ2) is 5.46. The zero-order chi connectivity index (χ0) is 15.0. The van der Waals surface area contributed by atoms with Gasteiger partial charge in [-0.15, -0.1) is 0 Å². The quantitative estimate of drug-likeness (QED) is 0.847. The largest absolute Gasteiger partial charge is 0.243 e. The highest BCUT2D eigenvalue weighted by molar-refractivity contribution is 7.91. The Morgan fingerprint density at radius 3 is 2.40 bits per heavy atom. The number of piperidine rings is 1. The molecule has 0 bridgehead atoms. The van der Waals surface area contributed by atoms with Crippen molar-refractivity contribution < 1.29 is 16.8 Å². The molecule has 5 nitrogen and oxygen atoms in total. The Morgan fingerprint density at radius 2 is 1.80 bits per heavy atom. The molecule has 0 aromatic heterocycles. The lowest BCUT2D eigenvalue weighted by Gasteiger charge is -2.30. The van der Waals surface area contributed by atoms with Crippen LogP contribution in [0.3, 0.4) is 0 Å². The summed E-state index contributed by atoms with van der Waals surface area (Å²) >= 11 is 0. The molecule has 1 aliphatic rings. The predicted molar refractivity (Wildman–Crippen MR) is 76.7 cm³/mol. The molecule has 20 heavy (non-hydrogen) atoms. The Morgan fingerprint density at radius 1 is 1.15 bits per heavy atom. The van der Waals surface area contributed by atoms with Gasteiger partial charge in [0.2, 0.25) is 10.0 Å². The molecule has 1 heterocycles. The van der Waals surface area contributed by atoms with Crippen molar-refractivity contribution in [2.75, 3.05) is 19.3 Å². The van der Waals surface area contributed by atoms with E-state index in [9.17, 15) is 16.8 Å². The van der Waals surface area contributed by atoms with Crippen LogP contribution in [0.2, 0.25) is 0 Å². The summed E-state index contributed by atoms with van der Waals surface area (Å²) in [7, 11) is -7.02. The smallest absolute Gasteiger partial charge is 0.224 e. The minimum absolute atomic E-state index is 0.0311. The number of sulfonamides is 1. The van der Waals surface area contributed by atoms with Gasteiger partial charge in [-0.3, -0.25) is 0 Å². The van der Waals surface area contributed by atoms with Crippen molar-refractivity contribution in [3.8, 4) is 0 Å². The van der Waals surface area contributed by atoms with E-state index in [0.29, 0.717) is 19.0 Å². The van der Waals surface area contributed by atoms with Crippen LogP contribution in [-0.2, 0) is 19.9 Å². The van der Waals surface area contributed by atoms with Gasteiger partial charge in [-0.05, 0) is 37.0 Å². The number of benzene rings is 1. The fourth-order valence-corrected chi connectivity index (χ4v) is 4.77. The molecule has 1 atom stereocenters. The van der Waals surface area contributed by atoms with Crippen LogP contribution in [0.1, 0.15) is 19.8 Å². The third-order valence-electron chi connectivity index (χ3n) is 3.49. The molecular weight excluding hydrogens is 298 g/mol. The molecule has 0 unspecified atom stereocenters. The molecule has 7 heteroatoms. The third kappa shape index (κ3) is 3.21. The van der Waals surface area contributed by atoms with Crippen molar-refractivity contribution in [1.82, 2.24) is 4.31 Å². The SMILES string of the molecule is C[C@@H]1CCCN(S(=O)(=O)c2cccc(S(C)(=O)=O)c2)C1. The van der Waals surface area contributed by atoms with Gasteiger partial charge in [0, 0.05) is 19.3 Å². The summed E-state index contributed by atoms with van der Waals surface area (Å²) in [5, 5.41) is 0. The zero-order valence-corrected chi connectivity index (χ0v) is 13.2. The third-order valence-corrected chi connectivity index (χ3v) is 6.46. The molecule has 0 amide bonds. The molecule has 1 aliphatic heterocycles. The molecule has 1 saturated heterocycles. The first-order chi connectivity index (χ1) is 9.21. The Balaban J connectivity index is 2.39. The molecule has 0 radical (unpaired) electrons. The van der Waals surface area contributed by atoms with E-state index >= 15 is 0 Å². The lowest BCUT2D eigenvalue weighted by atomic mass is 10.0. The second-order valence-electron chi connectivity index (χ2n) is 5.36. The van der Waals surface area contributed by atoms with E-state index in [0.717, 1.165) is 19.1 Å². The molecule has 0 saturated carbocycles. The highest BCUT2D eigenvalue weighted by Gasteiger charge is 2.29. The standard InChI is InChI=1S/C13H19NO4S2/c1-11-5-4-8-14(10-11)20(17,18)13-7-3-6-12(9-13)19(2,15)16/h3,6-7,9,11H,4-5,8,10H2,1-2H3/t11-/m1/s1. The Bertz CT molecular complexity index is 695. The summed E-state index contributed by atoms with van der Waals surface area (Å²) in [5.74, 6) is 0.330. The monoisotopic (exact) mass is 317 g/mol. The van der Waals surface area contributed by atoms with Crippen LogP contribution >= 0.6 is 0 Å². The molecule has 1 aromatic rings. The summed E-state index contributed by atoms with van der Waals surface area (Å²) in [6, 6.07) is 5.57. The maximum atomic E-state index is 12.5. The maximum Gasteiger partial charge on any atom is 0.243 e. The summed E-state index contributed by atoms with van der Waals surface area (Å²) in [4.78, 5) is 0.0816. The van der Waals surface area contributed by atoms with Crippen LogP contribution in [0, 0.1) is 5.92 Å². The van der Waals surface area contributed by atoms with Crippen LogP contribution in [0.25, 0.3) is 0 Å². The normalized spacial score (nSPS) is 21.8. The van der Waals surface area contributed by atoms with Gasteiger partial charge in [0.25, 0.3) is 0 Å². The molecular formula is C13H19NO4S2. The van der Waals surface area contributed by atoms with E-state index in [-0.39, 0.29) is 9.79 Å². The van der Waals surface area contributed by atoms with E-state index in [4.69, 9.17) is 0 Å². The van der Waals surface area contributed by atoms with Crippen molar-refractivity contribution in [2.24, 2.45) is 5.92 Å². The summed E-state index contributed by atoms with van der Waals surface area (Å²) < 4.78 is 49.6. The van der Waals surface area contributed by atoms with E-state index in [1.165, 1.54) is 28.6 Å². The Hall–Kier alpha value is -0.920. The van der Waals surface area contributed by atoms with E-state index in [1.54, 1.807) is 0 Å². The molecule has 1 fully saturated rings. The van der Waals surface area contributed by atoms with Gasteiger partial charge in [0.15, 0.2) is 9.84 Å². The van der Waals surface area contributed by atoms with Crippen LogP contribution in [0.4, 0.5) is 0 Å². The lowest BCUT2D eigenvalue weighted by molar-refractivity contribution is 0.281. The van der Waals surface area contributed by atoms with Gasteiger partial charge in [-0.2, -0.15) is 4.31 Å². The summed E-state index contributed by atoms with van der Waals surface area (Å²) in [6.45, 7) is 3.01. The molecule has 2 rings (SSSR count). The first-order valence-electron chi connectivity index (χ1n) is 6.51. The van der Waals surface area contributed by atoms with Crippen molar-refractivity contribution in [3.63, 3.8) is 0 Å². The van der Waals surface area contributed by atoms with Gasteiger partial charge in [0.05, 0.1) is 9.79 Å². The Kier molecular flexibility index (Phi) is 4.22. The van der Waals surface area contributed by atoms with Crippen molar-refractivity contribution >= 4 is 19.9 Å². The molecule has 0 N–H and O–H groups in total. The topological polar surface area (TPSA) is 71.5 Å². The van der Waals surface area contributed by atoms with Crippen molar-refractivity contribution in [3.05, 3.63) is 24.3 Å². The maximum absolute atomic E-state index is 12.5. The van der Waals surface area contributed by atoms with Crippen LogP contribution in [0.5, 0.6) is 0 Å². The molecule has 1 aromatic carbocycles. The number of nitrogens with zero attached hydrogens (tertiary/aromatic N) is 1. The number of rotatable bonds is 3. The minimum Gasteiger partial charge on any atom is -0.224 e. The Labute approximate surface area is 120 Å². The van der Waals surface area contributed by atoms with Crippen LogP contribution < -0.4 is 0 Å². The first-order valence-corrected chi connectivity index (χ1v) is 9.84. The van der Waals surface area contributed by atoms with Crippen molar-refractivity contribution in [1.29, 1.82) is 0 Å². The van der Waals surface area contributed by atoms with Gasteiger partial charge in [0.1, 0.15) is 0 Å².